The largest absolute Gasteiger partial charge is 0.368 e. The van der Waals surface area contributed by atoms with Gasteiger partial charge in [0.15, 0.2) is 0 Å². The van der Waals surface area contributed by atoms with E-state index in [9.17, 15) is 8.42 Å². The van der Waals surface area contributed by atoms with Crippen LogP contribution in [0, 0.1) is 58.3 Å². The molecular weight excluding hydrogens is 865 g/mol. The molecule has 4 atom stereocenters. The lowest BCUT2D eigenvalue weighted by Gasteiger charge is -2.51. The van der Waals surface area contributed by atoms with Crippen molar-refractivity contribution in [1.82, 2.24) is 4.90 Å². The number of hydrogen-bond acceptors (Lipinski definition) is 5. The van der Waals surface area contributed by atoms with Gasteiger partial charge in [0, 0.05) is 48.3 Å². The quantitative estimate of drug-likeness (QED) is 0.123. The molecule has 2 saturated carbocycles. The number of aryl methyl sites for hydroxylation is 4. The molecule has 0 bridgehead atoms. The number of anilines is 4. The van der Waals surface area contributed by atoms with Gasteiger partial charge in [0.2, 0.25) is 0 Å². The van der Waals surface area contributed by atoms with Gasteiger partial charge < -0.3 is 10.2 Å². The van der Waals surface area contributed by atoms with E-state index in [-0.39, 0.29) is 4.90 Å². The molecule has 1 heterocycles. The Morgan fingerprint density at radius 3 is 2.09 bits per heavy atom. The topological polar surface area (TPSA) is 64.7 Å². The first kappa shape index (κ1) is 49.6. The molecule has 5 aliphatic rings. The van der Waals surface area contributed by atoms with Gasteiger partial charge in [-0.15, -0.1) is 0 Å². The third-order valence-corrected chi connectivity index (χ3v) is 19.2. The molecule has 0 amide bonds. The monoisotopic (exact) mass is 949 g/mol. The van der Waals surface area contributed by atoms with E-state index in [0.29, 0.717) is 35.5 Å². The van der Waals surface area contributed by atoms with Gasteiger partial charge in [-0.2, -0.15) is 0 Å². The Hall–Kier alpha value is -4.33. The van der Waals surface area contributed by atoms with Crippen LogP contribution in [0.2, 0.25) is 0 Å². The molecule has 1 aliphatic heterocycles. The van der Waals surface area contributed by atoms with Crippen LogP contribution < -0.4 is 14.9 Å². The van der Waals surface area contributed by atoms with Gasteiger partial charge in [0.25, 0.3) is 10.0 Å². The molecule has 4 aromatic carbocycles. The summed E-state index contributed by atoms with van der Waals surface area (Å²) in [5, 5.41) is 3.97. The summed E-state index contributed by atoms with van der Waals surface area (Å²) in [7, 11) is -3.81. The molecule has 69 heavy (non-hydrogen) atoms. The number of hydrogen-bond donors (Lipinski definition) is 2. The number of rotatable bonds is 14. The van der Waals surface area contributed by atoms with E-state index < -0.39 is 10.0 Å². The summed E-state index contributed by atoms with van der Waals surface area (Å²) in [5.74, 6) is 3.47. The lowest BCUT2D eigenvalue weighted by Crippen LogP contribution is -2.54. The molecule has 0 spiro atoms. The van der Waals surface area contributed by atoms with E-state index in [1.165, 1.54) is 125 Å². The van der Waals surface area contributed by atoms with Crippen LogP contribution in [0.1, 0.15) is 167 Å². The Morgan fingerprint density at radius 2 is 1.42 bits per heavy atom. The van der Waals surface area contributed by atoms with Crippen LogP contribution in [-0.2, 0) is 22.9 Å². The zero-order valence-corrected chi connectivity index (χ0v) is 44.4. The number of benzene rings is 4. The molecule has 6 nitrogen and oxygen atoms in total. The molecule has 1 saturated heterocycles. The molecule has 0 radical (unpaired) electrons. The van der Waals surface area contributed by atoms with Crippen molar-refractivity contribution in [2.24, 2.45) is 23.7 Å². The summed E-state index contributed by atoms with van der Waals surface area (Å²) in [5.41, 5.74) is 17.4. The molecule has 2 N–H and O–H groups in total. The van der Waals surface area contributed by atoms with Gasteiger partial charge in [0.05, 0.1) is 10.6 Å². The maximum atomic E-state index is 13.8. The number of allylic oxidation sites excluding steroid dienone is 1. The molecule has 7 heteroatoms. The fraction of sp³-hybridized carbons (Fsp3) is 0.548. The number of likely N-dealkylation sites (tertiary alicyclic amines) is 1. The van der Waals surface area contributed by atoms with Crippen LogP contribution in [0.5, 0.6) is 0 Å². The van der Waals surface area contributed by atoms with Gasteiger partial charge in [-0.3, -0.25) is 9.62 Å². The highest BCUT2D eigenvalue weighted by Gasteiger charge is 2.43. The Balaban J connectivity index is 1.02. The van der Waals surface area contributed by atoms with E-state index in [1.54, 1.807) is 47.0 Å². The first-order valence-corrected chi connectivity index (χ1v) is 28.8. The molecule has 4 aromatic rings. The first-order valence-electron chi connectivity index (χ1n) is 27.3. The minimum Gasteiger partial charge on any atom is -0.368 e. The van der Waals surface area contributed by atoms with Gasteiger partial charge in [-0.25, -0.2) is 8.42 Å². The molecule has 0 aromatic heterocycles. The van der Waals surface area contributed by atoms with E-state index in [4.69, 9.17) is 0 Å². The van der Waals surface area contributed by atoms with Crippen LogP contribution in [0.15, 0.2) is 83.8 Å². The average molecular weight is 949 g/mol. The summed E-state index contributed by atoms with van der Waals surface area (Å²) >= 11 is 0. The normalized spacial score (nSPS) is 25.7. The highest BCUT2D eigenvalue weighted by atomic mass is 32.2. The zero-order valence-electron chi connectivity index (χ0n) is 43.6. The first-order chi connectivity index (χ1) is 33.2. The van der Waals surface area contributed by atoms with Crippen molar-refractivity contribution in [3.8, 4) is 0 Å². The summed E-state index contributed by atoms with van der Waals surface area (Å²) < 4.78 is 30.6. The lowest BCUT2D eigenvalue weighted by molar-refractivity contribution is 0.00784. The maximum absolute atomic E-state index is 13.8. The molecule has 3 fully saturated rings. The van der Waals surface area contributed by atoms with Crippen LogP contribution in [0.25, 0.3) is 6.08 Å². The molecule has 370 valence electrons. The summed E-state index contributed by atoms with van der Waals surface area (Å²) in [6, 6.07) is 22.9. The third kappa shape index (κ3) is 10.4. The predicted molar refractivity (Wildman–Crippen MR) is 293 cm³/mol. The van der Waals surface area contributed by atoms with Crippen LogP contribution >= 0.6 is 0 Å². The molecule has 4 aliphatic carbocycles. The Morgan fingerprint density at radius 1 is 0.768 bits per heavy atom. The minimum absolute atomic E-state index is 0.245. The van der Waals surface area contributed by atoms with Crippen LogP contribution in [0.3, 0.4) is 0 Å². The number of piperidine rings is 1. The van der Waals surface area contributed by atoms with Crippen LogP contribution in [-0.4, -0.2) is 44.5 Å². The third-order valence-electron chi connectivity index (χ3n) is 17.9. The molecule has 9 rings (SSSR count). The van der Waals surface area contributed by atoms with Crippen molar-refractivity contribution in [1.29, 1.82) is 0 Å². The van der Waals surface area contributed by atoms with E-state index in [0.717, 1.165) is 65.2 Å². The average Bonchev–Trinajstić information content (AvgIpc) is 3.34. The van der Waals surface area contributed by atoms with Crippen molar-refractivity contribution < 1.29 is 8.42 Å². The van der Waals surface area contributed by atoms with Gasteiger partial charge in [-0.05, 0) is 242 Å². The number of fused-ring (bicyclic) bond motifs is 2. The second kappa shape index (κ2) is 21.2. The number of nitrogens with zero attached hydrogens (tertiary/aromatic N) is 2. The Bertz CT molecular complexity index is 2590. The van der Waals surface area contributed by atoms with Crippen molar-refractivity contribution in [2.75, 3.05) is 28.0 Å². The van der Waals surface area contributed by atoms with Crippen molar-refractivity contribution in [2.45, 2.75) is 187 Å². The highest BCUT2D eigenvalue weighted by Crippen LogP contribution is 2.51. The number of sulfonamides is 1. The maximum Gasteiger partial charge on any atom is 0.261 e. The predicted octanol–water partition coefficient (Wildman–Crippen LogP) is 15.5. The smallest absolute Gasteiger partial charge is 0.261 e. The lowest BCUT2D eigenvalue weighted by atomic mass is 9.64. The molecule has 4 unspecified atom stereocenters. The summed E-state index contributed by atoms with van der Waals surface area (Å²) in [6.07, 6.45) is 24.7. The van der Waals surface area contributed by atoms with Crippen molar-refractivity contribution in [3.63, 3.8) is 0 Å². The van der Waals surface area contributed by atoms with Crippen molar-refractivity contribution >= 4 is 38.8 Å². The zero-order chi connectivity index (χ0) is 48.6. The SMILES string of the molecule is C=Cc1ccc(S(=O)(=O)Nc2c(C)cc(C)c(Nc3ccc(C(C4CCC(N(CCC)c5c(C)cccc5C)CC4)C4CCC(N5CC(C)CC6C=C(C)CCC65)CC4)c4c3CCCC4)c2C)cc1. The summed E-state index contributed by atoms with van der Waals surface area (Å²) in [4.78, 5) is 6.08. The highest BCUT2D eigenvalue weighted by molar-refractivity contribution is 7.92. The second-order valence-electron chi connectivity index (χ2n) is 22.7. The Kier molecular flexibility index (Phi) is 15.2. The van der Waals surface area contributed by atoms with Gasteiger partial charge in [0.1, 0.15) is 0 Å². The summed E-state index contributed by atoms with van der Waals surface area (Å²) in [6.45, 7) is 24.3. The van der Waals surface area contributed by atoms with E-state index in [2.05, 4.69) is 117 Å². The number of nitrogens with one attached hydrogen (secondary N) is 2. The fourth-order valence-corrected chi connectivity index (χ4v) is 15.8. The number of para-hydroxylation sites is 1. The Labute approximate surface area is 417 Å². The van der Waals surface area contributed by atoms with E-state index in [1.807, 2.05) is 6.92 Å². The fourth-order valence-electron chi connectivity index (χ4n) is 14.6. The van der Waals surface area contributed by atoms with Gasteiger partial charge in [-0.1, -0.05) is 80.6 Å². The van der Waals surface area contributed by atoms with Crippen molar-refractivity contribution in [3.05, 3.63) is 129 Å². The standard InChI is InChI=1S/C62H84N4O2S/c1-10-35-65(62-42(5)15-14-16-43(62)6)51-26-22-48(23-27-51)59(49-24-28-52(29-25-49)66-39-41(4)37-50-36-40(3)19-34-58(50)66)56-32-33-57(55-18-13-12-17-54(55)56)63-60-44(7)38-45(8)61(46(60)9)64-69(67,68)53-30-20-47(11-2)21-31-53/h11,14-16,20-21,30-33,36,38,41,48-52,58-59,63-64H,2,10,12-13,17-19,22-29,34-35,37,39H2,1,3-9H3. The second-order valence-corrected chi connectivity index (χ2v) is 24.4. The van der Waals surface area contributed by atoms with Crippen LogP contribution in [0.4, 0.5) is 22.7 Å². The van der Waals surface area contributed by atoms with Gasteiger partial charge >= 0.3 is 0 Å². The minimum atomic E-state index is -3.81. The van der Waals surface area contributed by atoms with E-state index >= 15 is 0 Å². The molecular formula is C62H84N4O2S.